The molecule has 5 nitrogen and oxygen atoms in total. The lowest BCUT2D eigenvalue weighted by atomic mass is 10.1. The maximum absolute atomic E-state index is 12.5. The van der Waals surface area contributed by atoms with E-state index in [1.54, 1.807) is 26.0 Å². The molecule has 0 heterocycles. The quantitative estimate of drug-likeness (QED) is 0.618. The van der Waals surface area contributed by atoms with Gasteiger partial charge in [-0.3, -0.25) is 4.79 Å². The van der Waals surface area contributed by atoms with Gasteiger partial charge in [0.25, 0.3) is 0 Å². The number of carbonyl (C=O) groups is 1. The number of hydrogen-bond acceptors (Lipinski definition) is 4. The van der Waals surface area contributed by atoms with Gasteiger partial charge < -0.3 is 9.08 Å². The van der Waals surface area contributed by atoms with Crippen molar-refractivity contribution in [3.63, 3.8) is 0 Å². The Morgan fingerprint density at radius 3 is 2.08 bits per heavy atom. The van der Waals surface area contributed by atoms with Crippen molar-refractivity contribution in [2.45, 2.75) is 72.2 Å². The number of benzene rings is 1. The van der Waals surface area contributed by atoms with Crippen LogP contribution in [0, 0.1) is 5.92 Å². The third-order valence-electron chi connectivity index (χ3n) is 4.09. The van der Waals surface area contributed by atoms with Crippen molar-refractivity contribution in [1.82, 2.24) is 4.90 Å². The Labute approximate surface area is 152 Å². The zero-order valence-corrected chi connectivity index (χ0v) is 17.0. The molecule has 0 saturated carbocycles. The van der Waals surface area contributed by atoms with Gasteiger partial charge in [-0.2, -0.15) is 8.42 Å². The second-order valence-electron chi connectivity index (χ2n) is 7.15. The molecule has 1 aromatic carbocycles. The van der Waals surface area contributed by atoms with Crippen LogP contribution in [0.5, 0.6) is 5.75 Å². The van der Waals surface area contributed by atoms with E-state index in [9.17, 15) is 13.2 Å². The third kappa shape index (κ3) is 6.69. The minimum Gasteiger partial charge on any atom is -0.382 e. The third-order valence-corrected chi connectivity index (χ3v) is 5.67. The maximum atomic E-state index is 12.5. The zero-order valence-electron chi connectivity index (χ0n) is 16.2. The van der Waals surface area contributed by atoms with Gasteiger partial charge in [-0.25, -0.2) is 0 Å². The van der Waals surface area contributed by atoms with Gasteiger partial charge in [0.05, 0.1) is 5.25 Å². The Morgan fingerprint density at radius 2 is 1.64 bits per heavy atom. The van der Waals surface area contributed by atoms with Crippen LogP contribution in [0.1, 0.15) is 59.9 Å². The predicted octanol–water partition coefficient (Wildman–Crippen LogP) is 3.98. The monoisotopic (exact) mass is 369 g/mol. The summed E-state index contributed by atoms with van der Waals surface area (Å²) in [4.78, 5) is 14.4. The van der Waals surface area contributed by atoms with E-state index >= 15 is 0 Å². The SMILES string of the molecule is CCC(C)N(Cc1ccc(OS(=O)(=O)C(C)C)cc1)C(=O)CC(C)C. The molecular formula is C19H31NO4S. The lowest BCUT2D eigenvalue weighted by molar-refractivity contribution is -0.134. The van der Waals surface area contributed by atoms with Crippen molar-refractivity contribution in [1.29, 1.82) is 0 Å². The van der Waals surface area contributed by atoms with Crippen LogP contribution in [0.2, 0.25) is 0 Å². The summed E-state index contributed by atoms with van der Waals surface area (Å²) < 4.78 is 28.7. The largest absolute Gasteiger partial charge is 0.382 e. The highest BCUT2D eigenvalue weighted by molar-refractivity contribution is 7.87. The fraction of sp³-hybridized carbons (Fsp3) is 0.632. The van der Waals surface area contributed by atoms with Crippen molar-refractivity contribution in [3.05, 3.63) is 29.8 Å². The molecule has 6 heteroatoms. The van der Waals surface area contributed by atoms with Crippen LogP contribution < -0.4 is 4.18 Å². The molecule has 0 aliphatic rings. The predicted molar refractivity (Wildman–Crippen MR) is 101 cm³/mol. The lowest BCUT2D eigenvalue weighted by Crippen LogP contribution is -2.38. The minimum atomic E-state index is -3.60. The van der Waals surface area contributed by atoms with E-state index < -0.39 is 15.4 Å². The van der Waals surface area contributed by atoms with Crippen LogP contribution in [-0.2, 0) is 21.5 Å². The Morgan fingerprint density at radius 1 is 1.08 bits per heavy atom. The van der Waals surface area contributed by atoms with Crippen LogP contribution in [0.4, 0.5) is 0 Å². The van der Waals surface area contributed by atoms with E-state index in [0.29, 0.717) is 24.6 Å². The van der Waals surface area contributed by atoms with Gasteiger partial charge in [-0.05, 0) is 50.8 Å². The fourth-order valence-electron chi connectivity index (χ4n) is 2.25. The summed E-state index contributed by atoms with van der Waals surface area (Å²) in [5.74, 6) is 0.754. The van der Waals surface area contributed by atoms with E-state index in [1.165, 1.54) is 0 Å². The second-order valence-corrected chi connectivity index (χ2v) is 9.24. The molecule has 1 rings (SSSR count). The van der Waals surface area contributed by atoms with E-state index in [0.717, 1.165) is 12.0 Å². The topological polar surface area (TPSA) is 63.7 Å². The normalized spacial score (nSPS) is 13.1. The molecular weight excluding hydrogens is 338 g/mol. The molecule has 0 aliphatic carbocycles. The van der Waals surface area contributed by atoms with Gasteiger partial charge in [-0.15, -0.1) is 0 Å². The first kappa shape index (κ1) is 21.5. The summed E-state index contributed by atoms with van der Waals surface area (Å²) in [6.07, 6.45) is 1.41. The Bertz CT molecular complexity index is 651. The van der Waals surface area contributed by atoms with Crippen LogP contribution >= 0.6 is 0 Å². The van der Waals surface area contributed by atoms with Crippen LogP contribution in [0.15, 0.2) is 24.3 Å². The molecule has 0 saturated heterocycles. The summed E-state index contributed by atoms with van der Waals surface area (Å²) in [6, 6.07) is 7.05. The second kappa shape index (κ2) is 9.22. The van der Waals surface area contributed by atoms with Gasteiger partial charge in [0.1, 0.15) is 5.75 Å². The number of amides is 1. The highest BCUT2D eigenvalue weighted by Gasteiger charge is 2.21. The average molecular weight is 370 g/mol. The molecule has 0 radical (unpaired) electrons. The van der Waals surface area contributed by atoms with Crippen molar-refractivity contribution in [2.24, 2.45) is 5.92 Å². The van der Waals surface area contributed by atoms with Crippen LogP contribution in [0.3, 0.4) is 0 Å². The van der Waals surface area contributed by atoms with E-state index in [2.05, 4.69) is 6.92 Å². The first-order valence-electron chi connectivity index (χ1n) is 8.88. The molecule has 0 bridgehead atoms. The van der Waals surface area contributed by atoms with E-state index in [-0.39, 0.29) is 11.9 Å². The first-order valence-corrected chi connectivity index (χ1v) is 10.4. The summed E-state index contributed by atoms with van der Waals surface area (Å²) in [5.41, 5.74) is 0.951. The molecule has 0 N–H and O–H groups in total. The van der Waals surface area contributed by atoms with Gasteiger partial charge in [0.15, 0.2) is 0 Å². The molecule has 1 atom stereocenters. The van der Waals surface area contributed by atoms with Crippen molar-refractivity contribution in [2.75, 3.05) is 0 Å². The van der Waals surface area contributed by atoms with E-state index in [4.69, 9.17) is 4.18 Å². The molecule has 25 heavy (non-hydrogen) atoms. The first-order chi connectivity index (χ1) is 11.6. The Balaban J connectivity index is 2.87. The van der Waals surface area contributed by atoms with Crippen molar-refractivity contribution < 1.29 is 17.4 Å². The minimum absolute atomic E-state index is 0.145. The number of hydrogen-bond donors (Lipinski definition) is 0. The Hall–Kier alpha value is -1.56. The molecule has 0 fully saturated rings. The van der Waals surface area contributed by atoms with Gasteiger partial charge in [-0.1, -0.05) is 32.9 Å². The molecule has 0 aliphatic heterocycles. The number of rotatable bonds is 9. The lowest BCUT2D eigenvalue weighted by Gasteiger charge is -2.29. The Kier molecular flexibility index (Phi) is 7.93. The number of carbonyl (C=O) groups excluding carboxylic acids is 1. The molecule has 0 aromatic heterocycles. The molecule has 1 amide bonds. The summed E-state index contributed by atoms with van der Waals surface area (Å²) in [6.45, 7) is 11.8. The van der Waals surface area contributed by atoms with Crippen molar-refractivity contribution >= 4 is 16.0 Å². The van der Waals surface area contributed by atoms with Gasteiger partial charge >= 0.3 is 10.1 Å². The maximum Gasteiger partial charge on any atom is 0.311 e. The molecule has 0 spiro atoms. The van der Waals surface area contributed by atoms with Gasteiger partial charge in [0.2, 0.25) is 5.91 Å². The average Bonchev–Trinajstić information content (AvgIpc) is 2.52. The van der Waals surface area contributed by atoms with Crippen LogP contribution in [0.25, 0.3) is 0 Å². The summed E-state index contributed by atoms with van der Waals surface area (Å²) >= 11 is 0. The molecule has 142 valence electrons. The smallest absolute Gasteiger partial charge is 0.311 e. The van der Waals surface area contributed by atoms with Crippen molar-refractivity contribution in [3.8, 4) is 5.75 Å². The van der Waals surface area contributed by atoms with Crippen LogP contribution in [-0.4, -0.2) is 30.5 Å². The van der Waals surface area contributed by atoms with Gasteiger partial charge in [0, 0.05) is 19.0 Å². The molecule has 1 unspecified atom stereocenters. The number of nitrogens with zero attached hydrogens (tertiary/aromatic N) is 1. The zero-order chi connectivity index (χ0) is 19.2. The fourth-order valence-corrected chi connectivity index (χ4v) is 2.83. The highest BCUT2D eigenvalue weighted by atomic mass is 32.2. The summed E-state index contributed by atoms with van der Waals surface area (Å²) in [7, 11) is -3.60. The molecule has 1 aromatic rings. The van der Waals surface area contributed by atoms with E-state index in [1.807, 2.05) is 37.8 Å². The standard InChI is InChI=1S/C19H31NO4S/c1-7-16(6)20(19(21)12-14(2)3)13-17-8-10-18(11-9-17)24-25(22,23)15(4)5/h8-11,14-16H,7,12-13H2,1-6H3. The summed E-state index contributed by atoms with van der Waals surface area (Å²) in [5, 5.41) is -0.596. The highest BCUT2D eigenvalue weighted by Crippen LogP contribution is 2.19.